The molecule has 0 atom stereocenters. The molecule has 0 radical (unpaired) electrons. The normalized spacial score (nSPS) is 17.9. The zero-order valence-electron chi connectivity index (χ0n) is 10.7. The van der Waals surface area contributed by atoms with Crippen molar-refractivity contribution >= 4 is 0 Å². The molecule has 0 unspecified atom stereocenters. The van der Waals surface area contributed by atoms with Gasteiger partial charge in [-0.15, -0.1) is 0 Å². The maximum absolute atomic E-state index is 9.41. The van der Waals surface area contributed by atoms with Gasteiger partial charge in [-0.2, -0.15) is 0 Å². The molecule has 1 aromatic carbocycles. The molecule has 1 heterocycles. The third kappa shape index (κ3) is 3.98. The van der Waals surface area contributed by atoms with Crippen LogP contribution in [-0.2, 0) is 6.54 Å². The molecule has 0 aliphatic carbocycles. The first-order valence-corrected chi connectivity index (χ1v) is 6.60. The van der Waals surface area contributed by atoms with E-state index in [-0.39, 0.29) is 6.10 Å². The van der Waals surface area contributed by atoms with Crippen LogP contribution in [0.15, 0.2) is 24.3 Å². The van der Waals surface area contributed by atoms with Gasteiger partial charge in [0.05, 0.1) is 6.10 Å². The van der Waals surface area contributed by atoms with Gasteiger partial charge in [0.1, 0.15) is 12.4 Å². The molecule has 0 aromatic heterocycles. The molecule has 4 nitrogen and oxygen atoms in total. The predicted octanol–water partition coefficient (Wildman–Crippen LogP) is 0.981. The Balaban J connectivity index is 1.68. The summed E-state index contributed by atoms with van der Waals surface area (Å²) in [5, 5.41) is 9.41. The summed E-state index contributed by atoms with van der Waals surface area (Å²) in [4.78, 5) is 2.33. The fourth-order valence-corrected chi connectivity index (χ4v) is 2.16. The summed E-state index contributed by atoms with van der Waals surface area (Å²) in [6.45, 7) is 4.12. The SMILES string of the molecule is NCc1ccc(OCCN2CCC(O)CC2)cc1. The third-order valence-corrected chi connectivity index (χ3v) is 3.39. The molecular formula is C14H22N2O2. The van der Waals surface area contributed by atoms with Crippen LogP contribution in [0.4, 0.5) is 0 Å². The Hall–Kier alpha value is -1.10. The van der Waals surface area contributed by atoms with E-state index in [2.05, 4.69) is 4.90 Å². The molecule has 0 saturated carbocycles. The molecule has 0 bridgehead atoms. The summed E-state index contributed by atoms with van der Waals surface area (Å²) in [5.74, 6) is 0.893. The van der Waals surface area contributed by atoms with Crippen LogP contribution in [0.3, 0.4) is 0 Å². The van der Waals surface area contributed by atoms with Crippen molar-refractivity contribution in [2.75, 3.05) is 26.2 Å². The van der Waals surface area contributed by atoms with Crippen LogP contribution in [0.2, 0.25) is 0 Å². The minimum absolute atomic E-state index is 0.106. The lowest BCUT2D eigenvalue weighted by atomic mass is 10.1. The Morgan fingerprint density at radius 2 is 1.89 bits per heavy atom. The van der Waals surface area contributed by atoms with E-state index >= 15 is 0 Å². The average Bonchev–Trinajstić information content (AvgIpc) is 2.42. The highest BCUT2D eigenvalue weighted by molar-refractivity contribution is 5.27. The van der Waals surface area contributed by atoms with Crippen molar-refractivity contribution in [3.63, 3.8) is 0 Å². The largest absolute Gasteiger partial charge is 0.492 e. The van der Waals surface area contributed by atoms with Crippen molar-refractivity contribution < 1.29 is 9.84 Å². The molecule has 0 spiro atoms. The number of ether oxygens (including phenoxy) is 1. The molecule has 1 aliphatic heterocycles. The van der Waals surface area contributed by atoms with Crippen molar-refractivity contribution in [3.05, 3.63) is 29.8 Å². The maximum atomic E-state index is 9.41. The summed E-state index contributed by atoms with van der Waals surface area (Å²) in [6, 6.07) is 7.91. The molecule has 1 aromatic rings. The second-order valence-corrected chi connectivity index (χ2v) is 4.77. The maximum Gasteiger partial charge on any atom is 0.119 e. The van der Waals surface area contributed by atoms with Gasteiger partial charge < -0.3 is 15.6 Å². The van der Waals surface area contributed by atoms with E-state index in [9.17, 15) is 5.11 Å². The van der Waals surface area contributed by atoms with Crippen LogP contribution < -0.4 is 10.5 Å². The van der Waals surface area contributed by atoms with Gasteiger partial charge in [0.25, 0.3) is 0 Å². The lowest BCUT2D eigenvalue weighted by Crippen LogP contribution is -2.38. The predicted molar refractivity (Wildman–Crippen MR) is 71.5 cm³/mol. The number of rotatable bonds is 5. The van der Waals surface area contributed by atoms with E-state index < -0.39 is 0 Å². The average molecular weight is 250 g/mol. The molecular weight excluding hydrogens is 228 g/mol. The molecule has 4 heteroatoms. The Morgan fingerprint density at radius 3 is 2.50 bits per heavy atom. The molecule has 1 saturated heterocycles. The lowest BCUT2D eigenvalue weighted by molar-refractivity contribution is 0.0755. The lowest BCUT2D eigenvalue weighted by Gasteiger charge is -2.29. The van der Waals surface area contributed by atoms with E-state index in [1.54, 1.807) is 0 Å². The van der Waals surface area contributed by atoms with Gasteiger partial charge in [0.15, 0.2) is 0 Å². The number of nitrogens with zero attached hydrogens (tertiary/aromatic N) is 1. The Kier molecular flexibility index (Phi) is 4.99. The van der Waals surface area contributed by atoms with Crippen LogP contribution in [0.1, 0.15) is 18.4 Å². The highest BCUT2D eigenvalue weighted by atomic mass is 16.5. The minimum atomic E-state index is -0.106. The smallest absolute Gasteiger partial charge is 0.119 e. The van der Waals surface area contributed by atoms with Gasteiger partial charge in [-0.25, -0.2) is 0 Å². The van der Waals surface area contributed by atoms with Gasteiger partial charge in [0, 0.05) is 26.2 Å². The zero-order valence-corrected chi connectivity index (χ0v) is 10.7. The van der Waals surface area contributed by atoms with Gasteiger partial charge in [-0.1, -0.05) is 12.1 Å². The van der Waals surface area contributed by atoms with Crippen molar-refractivity contribution in [1.29, 1.82) is 0 Å². The second kappa shape index (κ2) is 6.73. The molecule has 18 heavy (non-hydrogen) atoms. The van der Waals surface area contributed by atoms with Crippen molar-refractivity contribution in [2.24, 2.45) is 5.73 Å². The van der Waals surface area contributed by atoms with Gasteiger partial charge in [-0.3, -0.25) is 4.90 Å². The summed E-state index contributed by atoms with van der Waals surface area (Å²) in [6.07, 6.45) is 1.65. The van der Waals surface area contributed by atoms with Crippen LogP contribution in [0.5, 0.6) is 5.75 Å². The monoisotopic (exact) mass is 250 g/mol. The summed E-state index contributed by atoms with van der Waals surface area (Å²) >= 11 is 0. The summed E-state index contributed by atoms with van der Waals surface area (Å²) < 4.78 is 5.69. The number of likely N-dealkylation sites (tertiary alicyclic amines) is 1. The van der Waals surface area contributed by atoms with Crippen LogP contribution >= 0.6 is 0 Å². The summed E-state index contributed by atoms with van der Waals surface area (Å²) in [5.41, 5.74) is 6.66. The highest BCUT2D eigenvalue weighted by Crippen LogP contribution is 2.13. The molecule has 100 valence electrons. The molecule has 2 rings (SSSR count). The topological polar surface area (TPSA) is 58.7 Å². The number of piperidine rings is 1. The van der Waals surface area contributed by atoms with E-state index in [0.29, 0.717) is 13.2 Å². The molecule has 3 N–H and O–H groups in total. The number of benzene rings is 1. The van der Waals surface area contributed by atoms with E-state index in [1.807, 2.05) is 24.3 Å². The van der Waals surface area contributed by atoms with Gasteiger partial charge in [-0.05, 0) is 30.5 Å². The van der Waals surface area contributed by atoms with Crippen molar-refractivity contribution in [2.45, 2.75) is 25.5 Å². The van der Waals surface area contributed by atoms with Crippen molar-refractivity contribution in [3.8, 4) is 5.75 Å². The van der Waals surface area contributed by atoms with E-state index in [0.717, 1.165) is 43.8 Å². The number of aliphatic hydroxyl groups is 1. The van der Waals surface area contributed by atoms with Crippen LogP contribution in [0, 0.1) is 0 Å². The fourth-order valence-electron chi connectivity index (χ4n) is 2.16. The Bertz CT molecular complexity index is 345. The zero-order chi connectivity index (χ0) is 12.8. The number of aliphatic hydroxyl groups excluding tert-OH is 1. The van der Waals surface area contributed by atoms with Crippen LogP contribution in [0.25, 0.3) is 0 Å². The Labute approximate surface area is 108 Å². The quantitative estimate of drug-likeness (QED) is 0.818. The first-order valence-electron chi connectivity index (χ1n) is 6.60. The minimum Gasteiger partial charge on any atom is -0.492 e. The van der Waals surface area contributed by atoms with Gasteiger partial charge >= 0.3 is 0 Å². The van der Waals surface area contributed by atoms with E-state index in [1.165, 1.54) is 0 Å². The number of nitrogens with two attached hydrogens (primary N) is 1. The fraction of sp³-hybridized carbons (Fsp3) is 0.571. The summed E-state index contributed by atoms with van der Waals surface area (Å²) in [7, 11) is 0. The highest BCUT2D eigenvalue weighted by Gasteiger charge is 2.16. The number of hydrogen-bond donors (Lipinski definition) is 2. The van der Waals surface area contributed by atoms with Gasteiger partial charge in [0.2, 0.25) is 0 Å². The Morgan fingerprint density at radius 1 is 1.22 bits per heavy atom. The standard InChI is InChI=1S/C14H22N2O2/c15-11-12-1-3-14(4-2-12)18-10-9-16-7-5-13(17)6-8-16/h1-4,13,17H,5-11,15H2. The van der Waals surface area contributed by atoms with Crippen LogP contribution in [-0.4, -0.2) is 42.4 Å². The molecule has 1 fully saturated rings. The first-order chi connectivity index (χ1) is 8.78. The third-order valence-electron chi connectivity index (χ3n) is 3.39. The first kappa shape index (κ1) is 13.3. The molecule has 1 aliphatic rings. The molecule has 0 amide bonds. The second-order valence-electron chi connectivity index (χ2n) is 4.77. The number of hydrogen-bond acceptors (Lipinski definition) is 4. The van der Waals surface area contributed by atoms with Crippen molar-refractivity contribution in [1.82, 2.24) is 4.90 Å². The van der Waals surface area contributed by atoms with E-state index in [4.69, 9.17) is 10.5 Å².